The number of carbonyl (C=O) groups is 1. The van der Waals surface area contributed by atoms with Gasteiger partial charge in [0.2, 0.25) is 0 Å². The average Bonchev–Trinajstić information content (AvgIpc) is 2.67. The highest BCUT2D eigenvalue weighted by atomic mass is 32.2. The van der Waals surface area contributed by atoms with Gasteiger partial charge < -0.3 is 5.32 Å². The molecule has 0 fully saturated rings. The Morgan fingerprint density at radius 3 is 2.00 bits per heavy atom. The number of hydrogen-bond acceptors (Lipinski definition) is 3. The molecular formula is C23H24N2O3S. The summed E-state index contributed by atoms with van der Waals surface area (Å²) in [5.41, 5.74) is 5.18. The number of hydrogen-bond donors (Lipinski definition) is 2. The van der Waals surface area contributed by atoms with Crippen LogP contribution in [0.5, 0.6) is 0 Å². The van der Waals surface area contributed by atoms with Gasteiger partial charge in [0.05, 0.1) is 10.6 Å². The van der Waals surface area contributed by atoms with Gasteiger partial charge in [0.1, 0.15) is 0 Å². The van der Waals surface area contributed by atoms with Gasteiger partial charge >= 0.3 is 0 Å². The predicted octanol–water partition coefficient (Wildman–Crippen LogP) is 4.97. The third-order valence-electron chi connectivity index (χ3n) is 4.71. The third kappa shape index (κ3) is 4.66. The SMILES string of the molecule is Cc1cc(C)c(NS(=O)(=O)c2ccc(NC(=O)c3ccccc3)c(C)c2)c(C)c1. The number of aryl methyl sites for hydroxylation is 4. The molecule has 0 saturated carbocycles. The van der Waals surface area contributed by atoms with Crippen molar-refractivity contribution in [3.8, 4) is 0 Å². The molecule has 3 aromatic carbocycles. The van der Waals surface area contributed by atoms with E-state index in [9.17, 15) is 13.2 Å². The van der Waals surface area contributed by atoms with Crippen LogP contribution in [0.2, 0.25) is 0 Å². The van der Waals surface area contributed by atoms with Crippen LogP contribution in [0.15, 0.2) is 65.6 Å². The monoisotopic (exact) mass is 408 g/mol. The molecule has 3 aromatic rings. The fourth-order valence-corrected chi connectivity index (χ4v) is 4.55. The lowest BCUT2D eigenvalue weighted by Gasteiger charge is -2.15. The van der Waals surface area contributed by atoms with Gasteiger partial charge in [-0.3, -0.25) is 9.52 Å². The van der Waals surface area contributed by atoms with E-state index in [4.69, 9.17) is 0 Å². The lowest BCUT2D eigenvalue weighted by molar-refractivity contribution is 0.102. The average molecular weight is 409 g/mol. The Bertz CT molecular complexity index is 1150. The Morgan fingerprint density at radius 2 is 1.41 bits per heavy atom. The summed E-state index contributed by atoms with van der Waals surface area (Å²) in [7, 11) is -3.75. The number of sulfonamides is 1. The molecule has 0 saturated heterocycles. The summed E-state index contributed by atoms with van der Waals surface area (Å²) >= 11 is 0. The van der Waals surface area contributed by atoms with Crippen molar-refractivity contribution in [3.05, 3.63) is 88.5 Å². The number of benzene rings is 3. The van der Waals surface area contributed by atoms with E-state index in [1.165, 1.54) is 6.07 Å². The number of carbonyl (C=O) groups excluding carboxylic acids is 1. The number of amides is 1. The van der Waals surface area contributed by atoms with Gasteiger partial charge in [-0.2, -0.15) is 0 Å². The van der Waals surface area contributed by atoms with Crippen molar-refractivity contribution < 1.29 is 13.2 Å². The maximum Gasteiger partial charge on any atom is 0.261 e. The van der Waals surface area contributed by atoms with Gasteiger partial charge in [0.15, 0.2) is 0 Å². The van der Waals surface area contributed by atoms with Crippen molar-refractivity contribution in [1.82, 2.24) is 0 Å². The van der Waals surface area contributed by atoms with Crippen LogP contribution in [0, 0.1) is 27.7 Å². The van der Waals surface area contributed by atoms with Gasteiger partial charge in [-0.1, -0.05) is 35.9 Å². The van der Waals surface area contributed by atoms with E-state index < -0.39 is 10.0 Å². The summed E-state index contributed by atoms with van der Waals surface area (Å²) in [4.78, 5) is 12.5. The van der Waals surface area contributed by atoms with Crippen LogP contribution in [0.25, 0.3) is 0 Å². The molecule has 29 heavy (non-hydrogen) atoms. The first kappa shape index (κ1) is 20.6. The zero-order valence-electron chi connectivity index (χ0n) is 16.9. The minimum atomic E-state index is -3.75. The van der Waals surface area contributed by atoms with E-state index in [0.717, 1.165) is 16.7 Å². The van der Waals surface area contributed by atoms with Crippen molar-refractivity contribution in [2.45, 2.75) is 32.6 Å². The second kappa shape index (κ2) is 8.09. The molecule has 0 spiro atoms. The molecule has 0 aliphatic rings. The summed E-state index contributed by atoms with van der Waals surface area (Å²) in [6, 6.07) is 17.4. The molecular weight excluding hydrogens is 384 g/mol. The summed E-state index contributed by atoms with van der Waals surface area (Å²) in [5, 5.41) is 2.83. The Hall–Kier alpha value is -3.12. The smallest absolute Gasteiger partial charge is 0.261 e. The highest BCUT2D eigenvalue weighted by Gasteiger charge is 2.18. The molecule has 0 aliphatic heterocycles. The van der Waals surface area contributed by atoms with Crippen LogP contribution in [0.4, 0.5) is 11.4 Å². The van der Waals surface area contributed by atoms with Crippen LogP contribution >= 0.6 is 0 Å². The lowest BCUT2D eigenvalue weighted by Crippen LogP contribution is -2.16. The Labute approximate surface area is 171 Å². The second-order valence-corrected chi connectivity index (χ2v) is 8.86. The second-order valence-electron chi connectivity index (χ2n) is 7.18. The van der Waals surface area contributed by atoms with Crippen molar-refractivity contribution >= 4 is 27.3 Å². The standard InChI is InChI=1S/C23H24N2O3S/c1-15-12-17(3)22(18(4)13-15)25-29(27,28)20-10-11-21(16(2)14-20)24-23(26)19-8-6-5-7-9-19/h5-14,25H,1-4H3,(H,24,26). The van der Waals surface area contributed by atoms with Gasteiger partial charge in [-0.25, -0.2) is 8.42 Å². The van der Waals surface area contributed by atoms with Gasteiger partial charge in [0.25, 0.3) is 15.9 Å². The molecule has 2 N–H and O–H groups in total. The van der Waals surface area contributed by atoms with Crippen LogP contribution in [0.1, 0.15) is 32.6 Å². The minimum absolute atomic E-state index is 0.145. The largest absolute Gasteiger partial charge is 0.322 e. The van der Waals surface area contributed by atoms with E-state index in [1.54, 1.807) is 43.3 Å². The molecule has 0 radical (unpaired) electrons. The highest BCUT2D eigenvalue weighted by Crippen LogP contribution is 2.27. The fraction of sp³-hybridized carbons (Fsp3) is 0.174. The van der Waals surface area contributed by atoms with Crippen molar-refractivity contribution in [1.29, 1.82) is 0 Å². The molecule has 3 rings (SSSR count). The van der Waals surface area contributed by atoms with Crippen LogP contribution < -0.4 is 10.0 Å². The van der Waals surface area contributed by atoms with Crippen LogP contribution in [-0.4, -0.2) is 14.3 Å². The number of nitrogens with one attached hydrogen (secondary N) is 2. The van der Waals surface area contributed by atoms with Crippen LogP contribution in [0.3, 0.4) is 0 Å². The zero-order valence-corrected chi connectivity index (χ0v) is 17.7. The molecule has 1 amide bonds. The molecule has 150 valence electrons. The number of anilines is 2. The van der Waals surface area contributed by atoms with Gasteiger partial charge in [-0.05, 0) is 74.7 Å². The summed E-state index contributed by atoms with van der Waals surface area (Å²) in [6.07, 6.45) is 0. The molecule has 5 nitrogen and oxygen atoms in total. The molecule has 6 heteroatoms. The van der Waals surface area contributed by atoms with Gasteiger partial charge in [-0.15, -0.1) is 0 Å². The van der Waals surface area contributed by atoms with Crippen LogP contribution in [-0.2, 0) is 10.0 Å². The summed E-state index contributed by atoms with van der Waals surface area (Å²) in [6.45, 7) is 7.50. The Kier molecular flexibility index (Phi) is 5.75. The van der Waals surface area contributed by atoms with Crippen molar-refractivity contribution in [2.24, 2.45) is 0 Å². The van der Waals surface area contributed by atoms with E-state index in [-0.39, 0.29) is 10.8 Å². The predicted molar refractivity (Wildman–Crippen MR) is 117 cm³/mol. The quantitative estimate of drug-likeness (QED) is 0.626. The third-order valence-corrected chi connectivity index (χ3v) is 6.05. The maximum atomic E-state index is 12.9. The van der Waals surface area contributed by atoms with E-state index in [2.05, 4.69) is 10.0 Å². The Balaban J connectivity index is 1.85. The summed E-state index contributed by atoms with van der Waals surface area (Å²) in [5.74, 6) is -0.242. The highest BCUT2D eigenvalue weighted by molar-refractivity contribution is 7.92. The lowest BCUT2D eigenvalue weighted by atomic mass is 10.1. The first-order valence-electron chi connectivity index (χ1n) is 9.25. The zero-order chi connectivity index (χ0) is 21.2. The molecule has 0 aliphatic carbocycles. The maximum absolute atomic E-state index is 12.9. The van der Waals surface area contributed by atoms with E-state index in [1.807, 2.05) is 39.0 Å². The Morgan fingerprint density at radius 1 is 0.793 bits per heavy atom. The number of rotatable bonds is 5. The normalized spacial score (nSPS) is 11.2. The first-order valence-corrected chi connectivity index (χ1v) is 10.7. The minimum Gasteiger partial charge on any atom is -0.322 e. The van der Waals surface area contributed by atoms with Crippen molar-refractivity contribution in [3.63, 3.8) is 0 Å². The first-order chi connectivity index (χ1) is 13.7. The van der Waals surface area contributed by atoms with Gasteiger partial charge in [0, 0.05) is 11.3 Å². The molecule has 0 bridgehead atoms. The van der Waals surface area contributed by atoms with E-state index >= 15 is 0 Å². The molecule has 0 heterocycles. The molecule has 0 atom stereocenters. The summed E-state index contributed by atoms with van der Waals surface area (Å²) < 4.78 is 28.5. The van der Waals surface area contributed by atoms with Crippen molar-refractivity contribution in [2.75, 3.05) is 10.0 Å². The topological polar surface area (TPSA) is 75.3 Å². The molecule has 0 aromatic heterocycles. The van der Waals surface area contributed by atoms with E-state index in [0.29, 0.717) is 22.5 Å². The molecule has 0 unspecified atom stereocenters. The fourth-order valence-electron chi connectivity index (χ4n) is 3.26.